The van der Waals surface area contributed by atoms with Crippen LogP contribution in [0.25, 0.3) is 0 Å². The highest BCUT2D eigenvalue weighted by molar-refractivity contribution is 4.78. The zero-order valence-electron chi connectivity index (χ0n) is 9.56. The highest BCUT2D eigenvalue weighted by atomic mass is 14.3. The van der Waals surface area contributed by atoms with Crippen molar-refractivity contribution in [3.63, 3.8) is 0 Å². The summed E-state index contributed by atoms with van der Waals surface area (Å²) < 4.78 is 0. The average Bonchev–Trinajstić information content (AvgIpc) is 2.55. The van der Waals surface area contributed by atoms with Crippen LogP contribution in [0, 0.1) is 17.8 Å². The summed E-state index contributed by atoms with van der Waals surface area (Å²) in [5, 5.41) is 0. The minimum atomic E-state index is 0.924. The van der Waals surface area contributed by atoms with Gasteiger partial charge >= 0.3 is 0 Å². The molecule has 0 bridgehead atoms. The molecule has 0 radical (unpaired) electrons. The van der Waals surface area contributed by atoms with E-state index in [0.29, 0.717) is 0 Å². The third kappa shape index (κ3) is 3.16. The first-order valence-electron chi connectivity index (χ1n) is 5.75. The molecule has 2 atom stereocenters. The third-order valence-electron chi connectivity index (χ3n) is 3.10. The summed E-state index contributed by atoms with van der Waals surface area (Å²) in [6.07, 6.45) is 5.89. The molecule has 0 heteroatoms. The standard InChI is InChI=1S/C10H20.C2H6/c1-4-9-6-5-7-10(9)8(2)3;1-2/h8-10H,4-7H2,1-3H3;1-2H3. The molecule has 0 spiro atoms. The monoisotopic (exact) mass is 170 g/mol. The largest absolute Gasteiger partial charge is 0.0683 e. The van der Waals surface area contributed by atoms with Gasteiger partial charge in [0.2, 0.25) is 0 Å². The second-order valence-corrected chi connectivity index (χ2v) is 4.01. The van der Waals surface area contributed by atoms with Crippen molar-refractivity contribution in [3.8, 4) is 0 Å². The van der Waals surface area contributed by atoms with Gasteiger partial charge in [0.25, 0.3) is 0 Å². The van der Waals surface area contributed by atoms with Crippen LogP contribution in [-0.4, -0.2) is 0 Å². The number of hydrogen-bond donors (Lipinski definition) is 0. The highest BCUT2D eigenvalue weighted by Crippen LogP contribution is 2.38. The van der Waals surface area contributed by atoms with Gasteiger partial charge in [0.1, 0.15) is 0 Å². The quantitative estimate of drug-likeness (QED) is 0.572. The van der Waals surface area contributed by atoms with Gasteiger partial charge in [-0.2, -0.15) is 0 Å². The van der Waals surface area contributed by atoms with E-state index < -0.39 is 0 Å². The Morgan fingerprint density at radius 3 is 2.08 bits per heavy atom. The van der Waals surface area contributed by atoms with Crippen LogP contribution in [0.2, 0.25) is 0 Å². The van der Waals surface area contributed by atoms with Gasteiger partial charge in [-0.05, 0) is 24.2 Å². The van der Waals surface area contributed by atoms with Crippen LogP contribution in [0.3, 0.4) is 0 Å². The maximum absolute atomic E-state index is 2.37. The Kier molecular flexibility index (Phi) is 6.51. The van der Waals surface area contributed by atoms with E-state index in [1.165, 1.54) is 25.7 Å². The van der Waals surface area contributed by atoms with Crippen LogP contribution in [0.15, 0.2) is 0 Å². The van der Waals surface area contributed by atoms with Crippen molar-refractivity contribution >= 4 is 0 Å². The summed E-state index contributed by atoms with van der Waals surface area (Å²) >= 11 is 0. The molecule has 0 amide bonds. The zero-order chi connectivity index (χ0) is 9.56. The SMILES string of the molecule is CC.CCC1CCCC1C(C)C. The Balaban J connectivity index is 0.000000561. The molecule has 1 rings (SSSR count). The lowest BCUT2D eigenvalue weighted by Gasteiger charge is -2.21. The molecule has 1 fully saturated rings. The van der Waals surface area contributed by atoms with Gasteiger partial charge in [0.15, 0.2) is 0 Å². The lowest BCUT2D eigenvalue weighted by Crippen LogP contribution is -2.12. The first-order chi connectivity index (χ1) is 5.75. The predicted molar refractivity (Wildman–Crippen MR) is 57.3 cm³/mol. The molecular weight excluding hydrogens is 144 g/mol. The molecule has 74 valence electrons. The molecule has 1 aliphatic carbocycles. The van der Waals surface area contributed by atoms with Crippen LogP contribution in [0.5, 0.6) is 0 Å². The Bertz CT molecular complexity index is 94.2. The number of hydrogen-bond acceptors (Lipinski definition) is 0. The topological polar surface area (TPSA) is 0 Å². The van der Waals surface area contributed by atoms with E-state index in [1.54, 1.807) is 0 Å². The molecule has 0 heterocycles. The van der Waals surface area contributed by atoms with Gasteiger partial charge in [0.05, 0.1) is 0 Å². The van der Waals surface area contributed by atoms with Gasteiger partial charge in [-0.1, -0.05) is 53.9 Å². The molecule has 0 aliphatic heterocycles. The van der Waals surface area contributed by atoms with Crippen LogP contribution >= 0.6 is 0 Å². The Morgan fingerprint density at radius 1 is 1.17 bits per heavy atom. The average molecular weight is 170 g/mol. The van der Waals surface area contributed by atoms with Crippen molar-refractivity contribution in [2.24, 2.45) is 17.8 Å². The molecule has 2 unspecified atom stereocenters. The first kappa shape index (κ1) is 12.0. The molecule has 0 nitrogen and oxygen atoms in total. The molecule has 0 N–H and O–H groups in total. The lowest BCUT2D eigenvalue weighted by molar-refractivity contribution is 0.289. The third-order valence-corrected chi connectivity index (χ3v) is 3.10. The van der Waals surface area contributed by atoms with Crippen LogP contribution in [-0.2, 0) is 0 Å². The van der Waals surface area contributed by atoms with E-state index in [4.69, 9.17) is 0 Å². The van der Waals surface area contributed by atoms with Crippen LogP contribution in [0.1, 0.15) is 60.3 Å². The molecule has 0 saturated heterocycles. The summed E-state index contributed by atoms with van der Waals surface area (Å²) in [5.41, 5.74) is 0. The minimum absolute atomic E-state index is 0.924. The van der Waals surface area contributed by atoms with E-state index >= 15 is 0 Å². The van der Waals surface area contributed by atoms with Crippen molar-refractivity contribution in [3.05, 3.63) is 0 Å². The first-order valence-corrected chi connectivity index (χ1v) is 5.75. The van der Waals surface area contributed by atoms with Crippen LogP contribution in [0.4, 0.5) is 0 Å². The maximum Gasteiger partial charge on any atom is -0.0363 e. The van der Waals surface area contributed by atoms with Crippen molar-refractivity contribution in [2.75, 3.05) is 0 Å². The van der Waals surface area contributed by atoms with E-state index in [1.807, 2.05) is 13.8 Å². The van der Waals surface area contributed by atoms with Gasteiger partial charge in [-0.3, -0.25) is 0 Å². The maximum atomic E-state index is 2.37. The molecule has 12 heavy (non-hydrogen) atoms. The molecule has 0 aromatic rings. The smallest absolute Gasteiger partial charge is 0.0363 e. The zero-order valence-corrected chi connectivity index (χ0v) is 9.56. The molecule has 1 saturated carbocycles. The normalized spacial score (nSPS) is 28.5. The Labute approximate surface area is 78.8 Å². The van der Waals surface area contributed by atoms with E-state index in [-0.39, 0.29) is 0 Å². The van der Waals surface area contributed by atoms with Crippen molar-refractivity contribution < 1.29 is 0 Å². The minimum Gasteiger partial charge on any atom is -0.0683 e. The summed E-state index contributed by atoms with van der Waals surface area (Å²) in [5.74, 6) is 3.03. The molecule has 1 aliphatic rings. The summed E-state index contributed by atoms with van der Waals surface area (Å²) in [7, 11) is 0. The van der Waals surface area contributed by atoms with Crippen LogP contribution < -0.4 is 0 Å². The van der Waals surface area contributed by atoms with E-state index in [2.05, 4.69) is 20.8 Å². The van der Waals surface area contributed by atoms with E-state index in [9.17, 15) is 0 Å². The highest BCUT2D eigenvalue weighted by Gasteiger charge is 2.27. The summed E-state index contributed by atoms with van der Waals surface area (Å²) in [4.78, 5) is 0. The van der Waals surface area contributed by atoms with Gasteiger partial charge in [-0.25, -0.2) is 0 Å². The van der Waals surface area contributed by atoms with Gasteiger partial charge in [0, 0.05) is 0 Å². The van der Waals surface area contributed by atoms with Gasteiger partial charge in [-0.15, -0.1) is 0 Å². The van der Waals surface area contributed by atoms with Crippen molar-refractivity contribution in [1.29, 1.82) is 0 Å². The Hall–Kier alpha value is 0. The van der Waals surface area contributed by atoms with E-state index in [0.717, 1.165) is 17.8 Å². The fourth-order valence-corrected chi connectivity index (χ4v) is 2.45. The Morgan fingerprint density at radius 2 is 1.75 bits per heavy atom. The molecule has 0 aromatic carbocycles. The second-order valence-electron chi connectivity index (χ2n) is 4.01. The predicted octanol–water partition coefficient (Wildman–Crippen LogP) is 4.49. The lowest BCUT2D eigenvalue weighted by atomic mass is 9.85. The second kappa shape index (κ2) is 6.51. The van der Waals surface area contributed by atoms with Gasteiger partial charge < -0.3 is 0 Å². The number of rotatable bonds is 2. The summed E-state index contributed by atoms with van der Waals surface area (Å²) in [6.45, 7) is 11.1. The van der Waals surface area contributed by atoms with Crippen molar-refractivity contribution in [1.82, 2.24) is 0 Å². The molecule has 0 aromatic heterocycles. The van der Waals surface area contributed by atoms with Crippen molar-refractivity contribution in [2.45, 2.75) is 60.3 Å². The molecular formula is C12H26. The fourth-order valence-electron chi connectivity index (χ4n) is 2.45. The fraction of sp³-hybridized carbons (Fsp3) is 1.00. The summed E-state index contributed by atoms with van der Waals surface area (Å²) in [6, 6.07) is 0.